The molecule has 0 aliphatic carbocycles. The van der Waals surface area contributed by atoms with Crippen LogP contribution in [0.15, 0.2) is 24.3 Å². The van der Waals surface area contributed by atoms with Crippen molar-refractivity contribution in [1.29, 1.82) is 0 Å². The molecule has 0 unspecified atom stereocenters. The first kappa shape index (κ1) is 24.4. The Morgan fingerprint density at radius 2 is 1.48 bits per heavy atom. The van der Waals surface area contributed by atoms with Gasteiger partial charge in [-0.05, 0) is 24.4 Å². The van der Waals surface area contributed by atoms with E-state index in [2.05, 4.69) is 4.98 Å². The van der Waals surface area contributed by atoms with Crippen molar-refractivity contribution in [2.75, 3.05) is 6.61 Å². The van der Waals surface area contributed by atoms with Crippen LogP contribution in [0.25, 0.3) is 11.0 Å². The summed E-state index contributed by atoms with van der Waals surface area (Å²) in [6, 6.07) is 7.17. The number of nitrogens with one attached hydrogen (secondary N) is 1. The summed E-state index contributed by atoms with van der Waals surface area (Å²) < 4.78 is 29.4. The third kappa shape index (κ3) is 5.57. The summed E-state index contributed by atoms with van der Waals surface area (Å²) >= 11 is 5.48. The third-order valence-electron chi connectivity index (χ3n) is 4.84. The number of ether oxygens (including phenoxy) is 5. The predicted molar refractivity (Wildman–Crippen MR) is 114 cm³/mol. The molecule has 1 aromatic carbocycles. The van der Waals surface area contributed by atoms with Crippen molar-refractivity contribution in [2.45, 2.75) is 58.3 Å². The van der Waals surface area contributed by atoms with Gasteiger partial charge >= 0.3 is 23.9 Å². The van der Waals surface area contributed by atoms with E-state index in [9.17, 15) is 19.2 Å². The lowest BCUT2D eigenvalue weighted by molar-refractivity contribution is -0.268. The van der Waals surface area contributed by atoms with Crippen molar-refractivity contribution >= 4 is 47.1 Å². The van der Waals surface area contributed by atoms with Gasteiger partial charge in [0.15, 0.2) is 29.3 Å². The first-order valence-electron chi connectivity index (χ1n) is 10.1. The van der Waals surface area contributed by atoms with E-state index in [1.165, 1.54) is 20.8 Å². The second-order valence-corrected chi connectivity index (χ2v) is 7.79. The maximum Gasteiger partial charge on any atom is 0.303 e. The molecule has 0 bridgehead atoms. The number of carbonyl (C=O) groups is 4. The molecule has 5 atom stereocenters. The van der Waals surface area contributed by atoms with E-state index in [1.807, 2.05) is 6.07 Å². The number of fused-ring (bicyclic) bond motifs is 1. The molecule has 0 radical (unpaired) electrons. The molecule has 1 saturated heterocycles. The van der Waals surface area contributed by atoms with Crippen molar-refractivity contribution < 1.29 is 42.9 Å². The minimum Gasteiger partial charge on any atom is -0.463 e. The van der Waals surface area contributed by atoms with E-state index in [0.717, 1.165) is 6.92 Å². The Morgan fingerprint density at radius 1 is 0.909 bits per heavy atom. The molecule has 0 saturated carbocycles. The fourth-order valence-corrected chi connectivity index (χ4v) is 4.05. The van der Waals surface area contributed by atoms with Gasteiger partial charge in [0.05, 0.1) is 11.0 Å². The molecule has 1 aromatic heterocycles. The van der Waals surface area contributed by atoms with Crippen LogP contribution >= 0.6 is 12.2 Å². The number of benzene rings is 1. The van der Waals surface area contributed by atoms with Crippen molar-refractivity contribution in [3.8, 4) is 0 Å². The van der Waals surface area contributed by atoms with Gasteiger partial charge in [-0.1, -0.05) is 12.1 Å². The molecule has 0 amide bonds. The van der Waals surface area contributed by atoms with Crippen LogP contribution in [0.2, 0.25) is 0 Å². The normalized spacial score (nSPS) is 24.7. The summed E-state index contributed by atoms with van der Waals surface area (Å²) in [7, 11) is 0. The van der Waals surface area contributed by atoms with Crippen LogP contribution in [0.3, 0.4) is 0 Å². The Morgan fingerprint density at radius 3 is 2.09 bits per heavy atom. The molecule has 2 heterocycles. The lowest BCUT2D eigenvalue weighted by Gasteiger charge is -2.44. The second-order valence-electron chi connectivity index (χ2n) is 7.41. The predicted octanol–water partition coefficient (Wildman–Crippen LogP) is 1.95. The fourth-order valence-electron chi connectivity index (χ4n) is 3.74. The standard InChI is InChI=1S/C21H24N2O9S/c1-10(24)28-9-16-17(29-11(2)25)18(30-12(3)26)19(31-13(4)27)20(32-16)23-15-8-6-5-7-14(15)22-21(23)33/h5-8,16-20H,9H2,1-4H3,(H,22,33)/t16-,17-,18+,19-,20-/m1/s1. The smallest absolute Gasteiger partial charge is 0.303 e. The van der Waals surface area contributed by atoms with E-state index in [-0.39, 0.29) is 11.4 Å². The number of hydrogen-bond acceptors (Lipinski definition) is 10. The van der Waals surface area contributed by atoms with Crippen LogP contribution in [0.5, 0.6) is 0 Å². The number of H-pyrrole nitrogens is 1. The molecular weight excluding hydrogens is 456 g/mol. The number of aromatic amines is 1. The third-order valence-corrected chi connectivity index (χ3v) is 5.14. The maximum absolute atomic E-state index is 12.0. The maximum atomic E-state index is 12.0. The fraction of sp³-hybridized carbons (Fsp3) is 0.476. The summed E-state index contributed by atoms with van der Waals surface area (Å²) in [4.78, 5) is 50.3. The van der Waals surface area contributed by atoms with Gasteiger partial charge in [0, 0.05) is 27.7 Å². The van der Waals surface area contributed by atoms with Crippen molar-refractivity contribution in [3.05, 3.63) is 29.0 Å². The average Bonchev–Trinajstić information content (AvgIpc) is 3.04. The van der Waals surface area contributed by atoms with E-state index in [4.69, 9.17) is 35.9 Å². The number of para-hydroxylation sites is 2. The highest BCUT2D eigenvalue weighted by Crippen LogP contribution is 2.36. The van der Waals surface area contributed by atoms with Crippen LogP contribution in [0, 0.1) is 4.77 Å². The van der Waals surface area contributed by atoms with Crippen molar-refractivity contribution in [1.82, 2.24) is 9.55 Å². The summed E-state index contributed by atoms with van der Waals surface area (Å²) in [6.07, 6.45) is -5.91. The lowest BCUT2D eigenvalue weighted by Crippen LogP contribution is -2.60. The number of carbonyl (C=O) groups excluding carboxylic acids is 4. The molecule has 1 fully saturated rings. The molecule has 33 heavy (non-hydrogen) atoms. The summed E-state index contributed by atoms with van der Waals surface area (Å²) in [5.41, 5.74) is 1.32. The molecule has 11 nitrogen and oxygen atoms in total. The van der Waals surface area contributed by atoms with Gasteiger partial charge in [-0.15, -0.1) is 0 Å². The number of hydrogen-bond donors (Lipinski definition) is 1. The minimum absolute atomic E-state index is 0.247. The van der Waals surface area contributed by atoms with E-state index < -0.39 is 54.5 Å². The number of esters is 4. The van der Waals surface area contributed by atoms with Crippen LogP contribution in [0.4, 0.5) is 0 Å². The first-order valence-corrected chi connectivity index (χ1v) is 10.5. The Hall–Kier alpha value is -3.25. The topological polar surface area (TPSA) is 135 Å². The average molecular weight is 480 g/mol. The number of nitrogens with zero attached hydrogens (tertiary/aromatic N) is 1. The molecule has 1 N–H and O–H groups in total. The van der Waals surface area contributed by atoms with Crippen LogP contribution < -0.4 is 0 Å². The Bertz CT molecular complexity index is 1120. The van der Waals surface area contributed by atoms with E-state index in [0.29, 0.717) is 11.0 Å². The van der Waals surface area contributed by atoms with Crippen LogP contribution in [0.1, 0.15) is 33.9 Å². The summed E-state index contributed by atoms with van der Waals surface area (Å²) in [6.45, 7) is 4.41. The number of imidazole rings is 1. The molecule has 3 rings (SSSR count). The monoisotopic (exact) mass is 480 g/mol. The van der Waals surface area contributed by atoms with Crippen molar-refractivity contribution in [3.63, 3.8) is 0 Å². The van der Waals surface area contributed by atoms with Crippen LogP contribution in [-0.2, 0) is 42.9 Å². The molecule has 1 aliphatic heterocycles. The molecular formula is C21H24N2O9S. The molecule has 12 heteroatoms. The van der Waals surface area contributed by atoms with Gasteiger partial charge in [-0.2, -0.15) is 0 Å². The molecule has 0 spiro atoms. The largest absolute Gasteiger partial charge is 0.463 e. The first-order chi connectivity index (χ1) is 15.6. The van der Waals surface area contributed by atoms with E-state index in [1.54, 1.807) is 22.8 Å². The van der Waals surface area contributed by atoms with Crippen molar-refractivity contribution in [2.24, 2.45) is 0 Å². The Kier molecular flexibility index (Phi) is 7.49. The second kappa shape index (κ2) is 10.1. The van der Waals surface area contributed by atoms with E-state index >= 15 is 0 Å². The number of aromatic nitrogens is 2. The molecule has 1 aliphatic rings. The van der Waals surface area contributed by atoms with Gasteiger partial charge in [0.2, 0.25) is 0 Å². The lowest BCUT2D eigenvalue weighted by atomic mass is 9.97. The van der Waals surface area contributed by atoms with Gasteiger partial charge in [0.25, 0.3) is 0 Å². The minimum atomic E-state index is -1.27. The highest BCUT2D eigenvalue weighted by atomic mass is 32.1. The zero-order chi connectivity index (χ0) is 24.3. The van der Waals surface area contributed by atoms with Gasteiger partial charge in [-0.25, -0.2) is 0 Å². The van der Waals surface area contributed by atoms with Gasteiger partial charge in [0.1, 0.15) is 12.7 Å². The quantitative estimate of drug-likeness (QED) is 0.371. The summed E-state index contributed by atoms with van der Waals surface area (Å²) in [5.74, 6) is -2.68. The zero-order valence-corrected chi connectivity index (χ0v) is 19.2. The Balaban J connectivity index is 2.16. The number of rotatable bonds is 6. The highest BCUT2D eigenvalue weighted by Gasteiger charge is 2.53. The molecule has 178 valence electrons. The zero-order valence-electron chi connectivity index (χ0n) is 18.4. The van der Waals surface area contributed by atoms with Gasteiger partial charge in [-0.3, -0.25) is 23.7 Å². The van der Waals surface area contributed by atoms with Crippen LogP contribution in [-0.4, -0.2) is 64.5 Å². The van der Waals surface area contributed by atoms with Gasteiger partial charge < -0.3 is 28.7 Å². The summed E-state index contributed by atoms with van der Waals surface area (Å²) in [5, 5.41) is 0. The highest BCUT2D eigenvalue weighted by molar-refractivity contribution is 7.71. The Labute approximate surface area is 193 Å². The molecule has 2 aromatic rings. The SMILES string of the molecule is CC(=O)OC[C@H]1O[C@@H](n2c(=S)[nH]c3ccccc32)[C@H](OC(C)=O)[C@@H](OC(C)=O)[C@@H]1OC(C)=O.